The Kier molecular flexibility index (Phi) is 4.11. The van der Waals surface area contributed by atoms with Gasteiger partial charge in [-0.3, -0.25) is 5.32 Å². The van der Waals surface area contributed by atoms with Gasteiger partial charge in [0.05, 0.1) is 11.8 Å². The number of likely N-dealkylation sites (tertiary alicyclic amines) is 1. The van der Waals surface area contributed by atoms with Crippen LogP contribution >= 0.6 is 0 Å². The molecule has 3 rings (SSSR count). The number of carbonyl (C=O) groups excluding carboxylic acids is 1. The van der Waals surface area contributed by atoms with E-state index in [0.717, 1.165) is 24.1 Å². The van der Waals surface area contributed by atoms with Crippen molar-refractivity contribution < 1.29 is 9.90 Å². The number of aromatic nitrogens is 2. The summed E-state index contributed by atoms with van der Waals surface area (Å²) in [7, 11) is 0. The highest BCUT2D eigenvalue weighted by atomic mass is 16.3. The van der Waals surface area contributed by atoms with Crippen molar-refractivity contribution in [3.63, 3.8) is 0 Å². The Morgan fingerprint density at radius 2 is 2.14 bits per heavy atom. The minimum absolute atomic E-state index is 0.208. The van der Waals surface area contributed by atoms with Crippen LogP contribution in [0.4, 0.5) is 10.6 Å². The predicted molar refractivity (Wildman–Crippen MR) is 84.1 cm³/mol. The molecular weight excluding hydrogens is 280 g/mol. The molecule has 1 saturated heterocycles. The number of rotatable bonds is 2. The number of piperidine rings is 1. The third-order valence-electron chi connectivity index (χ3n) is 3.83. The number of hydrogen-bond donors (Lipinski definition) is 2. The molecule has 0 spiro atoms. The Bertz CT molecular complexity index is 653. The number of urea groups is 1. The van der Waals surface area contributed by atoms with Gasteiger partial charge in [0, 0.05) is 24.8 Å². The molecule has 0 bridgehead atoms. The number of aliphatic hydroxyl groups is 1. The third-order valence-corrected chi connectivity index (χ3v) is 3.83. The topological polar surface area (TPSA) is 70.4 Å². The molecule has 0 saturated carbocycles. The minimum Gasteiger partial charge on any atom is -0.391 e. The number of hydrogen-bond acceptors (Lipinski definition) is 3. The molecule has 2 N–H and O–H groups in total. The number of amides is 2. The molecule has 1 aliphatic heterocycles. The van der Waals surface area contributed by atoms with Gasteiger partial charge in [0.2, 0.25) is 0 Å². The minimum atomic E-state index is -0.428. The van der Waals surface area contributed by atoms with Gasteiger partial charge in [-0.05, 0) is 31.9 Å². The van der Waals surface area contributed by atoms with Crippen LogP contribution in [0.5, 0.6) is 0 Å². The summed E-state index contributed by atoms with van der Waals surface area (Å²) in [4.78, 5) is 13.9. The van der Waals surface area contributed by atoms with E-state index in [1.54, 1.807) is 9.58 Å². The van der Waals surface area contributed by atoms with Crippen LogP contribution in [0, 0.1) is 6.92 Å². The van der Waals surface area contributed by atoms with Gasteiger partial charge in [0.1, 0.15) is 0 Å². The molecule has 22 heavy (non-hydrogen) atoms. The van der Waals surface area contributed by atoms with Gasteiger partial charge in [-0.25, -0.2) is 9.48 Å². The number of nitrogens with one attached hydrogen (secondary N) is 1. The lowest BCUT2D eigenvalue weighted by atomic mass is 10.1. The molecule has 1 atom stereocenters. The molecule has 6 nitrogen and oxygen atoms in total. The standard InChI is InChI=1S/C16H20N4O2/c1-12-10-20(13-6-3-2-4-7-13)18-15(12)17-16(22)19-9-5-8-14(21)11-19/h2-4,6-7,10,14,21H,5,8-9,11H2,1H3,(H,17,18,22). The molecule has 1 aromatic heterocycles. The number of aryl methyl sites for hydroxylation is 1. The fourth-order valence-electron chi connectivity index (χ4n) is 2.62. The predicted octanol–water partition coefficient (Wildman–Crippen LogP) is 2.17. The summed E-state index contributed by atoms with van der Waals surface area (Å²) in [5, 5.41) is 16.9. The summed E-state index contributed by atoms with van der Waals surface area (Å²) >= 11 is 0. The van der Waals surface area contributed by atoms with Gasteiger partial charge in [0.25, 0.3) is 0 Å². The van der Waals surface area contributed by atoms with Crippen LogP contribution in [0.3, 0.4) is 0 Å². The zero-order chi connectivity index (χ0) is 15.5. The SMILES string of the molecule is Cc1cn(-c2ccccc2)nc1NC(=O)N1CCCC(O)C1. The number of carbonyl (C=O) groups is 1. The third kappa shape index (κ3) is 3.12. The molecule has 1 unspecified atom stereocenters. The first-order valence-corrected chi connectivity index (χ1v) is 7.49. The first kappa shape index (κ1) is 14.6. The average Bonchev–Trinajstić information content (AvgIpc) is 2.89. The van der Waals surface area contributed by atoms with Crippen molar-refractivity contribution in [3.05, 3.63) is 42.1 Å². The van der Waals surface area contributed by atoms with E-state index in [-0.39, 0.29) is 6.03 Å². The van der Waals surface area contributed by atoms with Crippen molar-refractivity contribution in [3.8, 4) is 5.69 Å². The highest BCUT2D eigenvalue weighted by molar-refractivity contribution is 5.89. The maximum absolute atomic E-state index is 12.3. The summed E-state index contributed by atoms with van der Waals surface area (Å²) < 4.78 is 1.75. The smallest absolute Gasteiger partial charge is 0.323 e. The van der Waals surface area contributed by atoms with Crippen LogP contribution in [0.2, 0.25) is 0 Å². The molecule has 0 radical (unpaired) electrons. The molecule has 116 valence electrons. The van der Waals surface area contributed by atoms with Gasteiger partial charge in [-0.2, -0.15) is 0 Å². The van der Waals surface area contributed by atoms with Crippen molar-refractivity contribution in [2.24, 2.45) is 0 Å². The van der Waals surface area contributed by atoms with Crippen molar-refractivity contribution in [2.45, 2.75) is 25.9 Å². The number of nitrogens with zero attached hydrogens (tertiary/aromatic N) is 3. The number of benzene rings is 1. The summed E-state index contributed by atoms with van der Waals surface area (Å²) in [6, 6.07) is 9.54. The van der Waals surface area contributed by atoms with E-state index in [4.69, 9.17) is 0 Å². The van der Waals surface area contributed by atoms with Crippen molar-refractivity contribution in [1.82, 2.24) is 14.7 Å². The largest absolute Gasteiger partial charge is 0.391 e. The molecule has 1 fully saturated rings. The van der Waals surface area contributed by atoms with Gasteiger partial charge in [0.15, 0.2) is 5.82 Å². The Labute approximate surface area is 129 Å². The summed E-state index contributed by atoms with van der Waals surface area (Å²) in [6.45, 7) is 2.96. The number of aliphatic hydroxyl groups excluding tert-OH is 1. The zero-order valence-corrected chi connectivity index (χ0v) is 12.6. The maximum Gasteiger partial charge on any atom is 0.323 e. The van der Waals surface area contributed by atoms with E-state index >= 15 is 0 Å². The van der Waals surface area contributed by atoms with Crippen LogP contribution in [-0.4, -0.2) is 45.0 Å². The normalized spacial score (nSPS) is 18.3. The monoisotopic (exact) mass is 300 g/mol. The van der Waals surface area contributed by atoms with Gasteiger partial charge >= 0.3 is 6.03 Å². The van der Waals surface area contributed by atoms with Crippen LogP contribution in [0.15, 0.2) is 36.5 Å². The Balaban J connectivity index is 1.73. The van der Waals surface area contributed by atoms with Crippen LogP contribution < -0.4 is 5.32 Å². The molecule has 6 heteroatoms. The maximum atomic E-state index is 12.3. The number of anilines is 1. The highest BCUT2D eigenvalue weighted by Crippen LogP contribution is 2.17. The first-order valence-electron chi connectivity index (χ1n) is 7.49. The van der Waals surface area contributed by atoms with E-state index in [0.29, 0.717) is 18.9 Å². The van der Waals surface area contributed by atoms with Gasteiger partial charge in [-0.15, -0.1) is 5.10 Å². The molecular formula is C16H20N4O2. The summed E-state index contributed by atoms with van der Waals surface area (Å²) in [5.74, 6) is 0.550. The van der Waals surface area contributed by atoms with Crippen LogP contribution in [0.1, 0.15) is 18.4 Å². The zero-order valence-electron chi connectivity index (χ0n) is 12.6. The second-order valence-corrected chi connectivity index (χ2v) is 5.61. The van der Waals surface area contributed by atoms with Gasteiger partial charge in [-0.1, -0.05) is 18.2 Å². The van der Waals surface area contributed by atoms with E-state index in [2.05, 4.69) is 10.4 Å². The Morgan fingerprint density at radius 1 is 1.36 bits per heavy atom. The van der Waals surface area contributed by atoms with Crippen LogP contribution in [-0.2, 0) is 0 Å². The quantitative estimate of drug-likeness (QED) is 0.893. The molecule has 1 aliphatic rings. The lowest BCUT2D eigenvalue weighted by molar-refractivity contribution is 0.0883. The molecule has 2 amide bonds. The van der Waals surface area contributed by atoms with Crippen molar-refractivity contribution >= 4 is 11.8 Å². The van der Waals surface area contributed by atoms with Crippen molar-refractivity contribution in [1.29, 1.82) is 0 Å². The Hall–Kier alpha value is -2.34. The molecule has 2 heterocycles. The number of para-hydroxylation sites is 1. The van der Waals surface area contributed by atoms with E-state index < -0.39 is 6.10 Å². The van der Waals surface area contributed by atoms with E-state index in [9.17, 15) is 9.90 Å². The first-order chi connectivity index (χ1) is 10.6. The lowest BCUT2D eigenvalue weighted by Gasteiger charge is -2.29. The van der Waals surface area contributed by atoms with E-state index in [1.807, 2.05) is 43.5 Å². The molecule has 0 aliphatic carbocycles. The average molecular weight is 300 g/mol. The number of β-amino-alcohol motifs (C(OH)–C–C–N with tert-alkyl or cyclic N) is 1. The second-order valence-electron chi connectivity index (χ2n) is 5.61. The fourth-order valence-corrected chi connectivity index (χ4v) is 2.62. The van der Waals surface area contributed by atoms with E-state index in [1.165, 1.54) is 0 Å². The second kappa shape index (κ2) is 6.19. The lowest BCUT2D eigenvalue weighted by Crippen LogP contribution is -2.44. The summed E-state index contributed by atoms with van der Waals surface area (Å²) in [6.07, 6.45) is 3.04. The van der Waals surface area contributed by atoms with Gasteiger partial charge < -0.3 is 10.0 Å². The highest BCUT2D eigenvalue weighted by Gasteiger charge is 2.23. The molecule has 2 aromatic rings. The van der Waals surface area contributed by atoms with Crippen LogP contribution in [0.25, 0.3) is 5.69 Å². The fraction of sp³-hybridized carbons (Fsp3) is 0.375. The van der Waals surface area contributed by atoms with Crippen molar-refractivity contribution in [2.75, 3.05) is 18.4 Å². The summed E-state index contributed by atoms with van der Waals surface area (Å²) in [5.41, 5.74) is 1.84. The Morgan fingerprint density at radius 3 is 2.86 bits per heavy atom. The molecule has 1 aromatic carbocycles.